The van der Waals surface area contributed by atoms with Crippen LogP contribution in [0.15, 0.2) is 22.8 Å². The maximum absolute atomic E-state index is 13.5. The van der Waals surface area contributed by atoms with Gasteiger partial charge in [0, 0.05) is 13.1 Å². The number of halogens is 4. The zero-order chi connectivity index (χ0) is 14.0. The Morgan fingerprint density at radius 1 is 1.32 bits per heavy atom. The Morgan fingerprint density at radius 2 is 2.05 bits per heavy atom. The van der Waals surface area contributed by atoms with Gasteiger partial charge in [-0.1, -0.05) is 11.6 Å². The van der Waals surface area contributed by atoms with E-state index in [1.807, 2.05) is 0 Å². The lowest BCUT2D eigenvalue weighted by molar-refractivity contribution is 0.416. The summed E-state index contributed by atoms with van der Waals surface area (Å²) in [5, 5.41) is 2.57. The van der Waals surface area contributed by atoms with Gasteiger partial charge in [0.15, 0.2) is 0 Å². The Kier molecular flexibility index (Phi) is 4.16. The van der Waals surface area contributed by atoms with Crippen LogP contribution in [0.25, 0.3) is 0 Å². The number of ether oxygens (including phenoxy) is 1. The largest absolute Gasteiger partial charge is 0.435 e. The molecule has 0 saturated heterocycles. The minimum absolute atomic E-state index is 0.0570. The summed E-state index contributed by atoms with van der Waals surface area (Å²) in [4.78, 5) is 7.45. The quantitative estimate of drug-likeness (QED) is 0.850. The molecule has 2 aromatic rings. The number of benzene rings is 1. The lowest BCUT2D eigenvalue weighted by atomic mass is 10.3. The van der Waals surface area contributed by atoms with Gasteiger partial charge >= 0.3 is 0 Å². The van der Waals surface area contributed by atoms with E-state index in [-0.39, 0.29) is 22.6 Å². The number of rotatable bonds is 3. The van der Waals surface area contributed by atoms with Crippen molar-refractivity contribution in [3.63, 3.8) is 0 Å². The minimum Gasteiger partial charge on any atom is -0.435 e. The standard InChI is InChI=1S/C11H7BrClF2N3O/c1-16-11-17-4-8(15)10(18-11)19-9-3-7(14)6(13)2-5(9)12/h2-4H,1H3,(H,16,17,18). The fraction of sp³-hybridized carbons (Fsp3) is 0.0909. The molecule has 0 saturated carbocycles. The lowest BCUT2D eigenvalue weighted by Crippen LogP contribution is -2.00. The van der Waals surface area contributed by atoms with Crippen molar-refractivity contribution in [2.24, 2.45) is 0 Å². The van der Waals surface area contributed by atoms with E-state index < -0.39 is 11.6 Å². The third-order valence-electron chi connectivity index (χ3n) is 2.12. The Hall–Kier alpha value is -1.47. The Labute approximate surface area is 120 Å². The van der Waals surface area contributed by atoms with Gasteiger partial charge in [-0.05, 0) is 22.0 Å². The molecular weight excluding hydrogens is 343 g/mol. The lowest BCUT2D eigenvalue weighted by Gasteiger charge is -2.09. The van der Waals surface area contributed by atoms with Crippen LogP contribution in [0.5, 0.6) is 11.6 Å². The molecule has 0 aliphatic carbocycles. The van der Waals surface area contributed by atoms with E-state index in [4.69, 9.17) is 16.3 Å². The third-order valence-corrected chi connectivity index (χ3v) is 3.03. The van der Waals surface area contributed by atoms with Gasteiger partial charge in [0.2, 0.25) is 11.8 Å². The topological polar surface area (TPSA) is 47.0 Å². The molecule has 0 aliphatic heterocycles. The molecule has 100 valence electrons. The molecule has 1 aromatic heterocycles. The van der Waals surface area contributed by atoms with Gasteiger partial charge < -0.3 is 10.1 Å². The molecule has 0 bridgehead atoms. The van der Waals surface area contributed by atoms with Crippen LogP contribution >= 0.6 is 27.5 Å². The summed E-state index contributed by atoms with van der Waals surface area (Å²) in [6.45, 7) is 0. The zero-order valence-corrected chi connectivity index (χ0v) is 11.9. The first-order valence-electron chi connectivity index (χ1n) is 5.04. The van der Waals surface area contributed by atoms with E-state index >= 15 is 0 Å². The number of hydrogen-bond donors (Lipinski definition) is 1. The highest BCUT2D eigenvalue weighted by molar-refractivity contribution is 9.10. The second-order valence-electron chi connectivity index (χ2n) is 3.40. The minimum atomic E-state index is -0.763. The van der Waals surface area contributed by atoms with Crippen LogP contribution in [-0.2, 0) is 0 Å². The maximum atomic E-state index is 13.5. The highest BCUT2D eigenvalue weighted by Crippen LogP contribution is 2.34. The Bertz CT molecular complexity index is 627. The summed E-state index contributed by atoms with van der Waals surface area (Å²) < 4.78 is 32.4. The summed E-state index contributed by atoms with van der Waals surface area (Å²) >= 11 is 8.74. The van der Waals surface area contributed by atoms with Crippen LogP contribution in [0, 0.1) is 11.6 Å². The van der Waals surface area contributed by atoms with Gasteiger partial charge in [-0.15, -0.1) is 0 Å². The molecule has 19 heavy (non-hydrogen) atoms. The average molecular weight is 351 g/mol. The predicted molar refractivity (Wildman–Crippen MR) is 70.7 cm³/mol. The van der Waals surface area contributed by atoms with Gasteiger partial charge in [-0.3, -0.25) is 0 Å². The molecule has 0 unspecified atom stereocenters. The van der Waals surface area contributed by atoms with Crippen LogP contribution in [-0.4, -0.2) is 17.0 Å². The molecule has 0 radical (unpaired) electrons. The fourth-order valence-corrected chi connectivity index (χ4v) is 1.95. The summed E-state index contributed by atoms with van der Waals surface area (Å²) in [6, 6.07) is 2.34. The monoisotopic (exact) mass is 349 g/mol. The number of anilines is 1. The smallest absolute Gasteiger partial charge is 0.260 e. The van der Waals surface area contributed by atoms with Crippen LogP contribution in [0.1, 0.15) is 0 Å². The maximum Gasteiger partial charge on any atom is 0.260 e. The van der Waals surface area contributed by atoms with Crippen molar-refractivity contribution in [3.05, 3.63) is 39.5 Å². The molecule has 0 atom stereocenters. The summed E-state index contributed by atoms with van der Waals surface area (Å²) in [7, 11) is 1.58. The molecule has 1 aromatic carbocycles. The first kappa shape index (κ1) is 14.0. The van der Waals surface area contributed by atoms with E-state index in [1.54, 1.807) is 7.05 Å². The number of nitrogens with zero attached hydrogens (tertiary/aromatic N) is 2. The zero-order valence-electron chi connectivity index (χ0n) is 9.55. The van der Waals surface area contributed by atoms with Gasteiger partial charge in [-0.25, -0.2) is 9.37 Å². The molecule has 4 nitrogen and oxygen atoms in total. The first-order valence-corrected chi connectivity index (χ1v) is 6.21. The Balaban J connectivity index is 2.38. The average Bonchev–Trinajstić information content (AvgIpc) is 2.38. The van der Waals surface area contributed by atoms with Gasteiger partial charge in [0.25, 0.3) is 5.88 Å². The normalized spacial score (nSPS) is 10.4. The second kappa shape index (κ2) is 5.66. The Morgan fingerprint density at radius 3 is 2.74 bits per heavy atom. The van der Waals surface area contributed by atoms with Crippen molar-refractivity contribution >= 4 is 33.5 Å². The number of hydrogen-bond acceptors (Lipinski definition) is 4. The predicted octanol–water partition coefficient (Wildman–Crippen LogP) is 4.00. The van der Waals surface area contributed by atoms with Gasteiger partial charge in [0.1, 0.15) is 11.6 Å². The van der Waals surface area contributed by atoms with Crippen LogP contribution in [0.4, 0.5) is 14.7 Å². The van der Waals surface area contributed by atoms with E-state index in [2.05, 4.69) is 31.2 Å². The second-order valence-corrected chi connectivity index (χ2v) is 4.66. The van der Waals surface area contributed by atoms with Crippen molar-refractivity contribution in [3.8, 4) is 11.6 Å². The van der Waals surface area contributed by atoms with Crippen molar-refractivity contribution < 1.29 is 13.5 Å². The molecule has 0 fully saturated rings. The van der Waals surface area contributed by atoms with Crippen LogP contribution in [0.2, 0.25) is 5.02 Å². The molecule has 0 spiro atoms. The van der Waals surface area contributed by atoms with E-state index in [0.29, 0.717) is 4.47 Å². The van der Waals surface area contributed by atoms with Crippen molar-refractivity contribution in [1.82, 2.24) is 9.97 Å². The van der Waals surface area contributed by atoms with Crippen molar-refractivity contribution in [1.29, 1.82) is 0 Å². The molecule has 0 aliphatic rings. The third kappa shape index (κ3) is 3.10. The molecule has 1 N–H and O–H groups in total. The molecule has 8 heteroatoms. The van der Waals surface area contributed by atoms with Gasteiger partial charge in [-0.2, -0.15) is 9.37 Å². The molecule has 2 rings (SSSR count). The van der Waals surface area contributed by atoms with Gasteiger partial charge in [0.05, 0.1) is 15.7 Å². The van der Waals surface area contributed by atoms with E-state index in [1.165, 1.54) is 6.07 Å². The van der Waals surface area contributed by atoms with Crippen molar-refractivity contribution in [2.75, 3.05) is 12.4 Å². The van der Waals surface area contributed by atoms with Crippen molar-refractivity contribution in [2.45, 2.75) is 0 Å². The first-order chi connectivity index (χ1) is 9.01. The van der Waals surface area contributed by atoms with E-state index in [9.17, 15) is 8.78 Å². The highest BCUT2D eigenvalue weighted by Gasteiger charge is 2.13. The number of aromatic nitrogens is 2. The summed E-state index contributed by atoms with van der Waals surface area (Å²) in [6.07, 6.45) is 0.953. The molecule has 0 amide bonds. The molecular formula is C11H7BrClF2N3O. The SMILES string of the molecule is CNc1ncc(F)c(Oc2cc(F)c(Cl)cc2Br)n1. The number of nitrogens with one attached hydrogen (secondary N) is 1. The summed E-state index contributed by atoms with van der Waals surface area (Å²) in [5.41, 5.74) is 0. The van der Waals surface area contributed by atoms with E-state index in [0.717, 1.165) is 12.3 Å². The fourth-order valence-electron chi connectivity index (χ4n) is 1.23. The van der Waals surface area contributed by atoms with Crippen LogP contribution < -0.4 is 10.1 Å². The highest BCUT2D eigenvalue weighted by atomic mass is 79.9. The summed E-state index contributed by atoms with van der Waals surface area (Å²) in [5.74, 6) is -1.52. The van der Waals surface area contributed by atoms with Crippen LogP contribution in [0.3, 0.4) is 0 Å². The molecule has 1 heterocycles.